The summed E-state index contributed by atoms with van der Waals surface area (Å²) in [5.74, 6) is 0. The zero-order valence-electron chi connectivity index (χ0n) is 8.58. The van der Waals surface area contributed by atoms with Crippen molar-refractivity contribution in [3.05, 3.63) is 23.3 Å². The smallest absolute Gasteiger partial charge is 0.294 e. The van der Waals surface area contributed by atoms with Crippen molar-refractivity contribution in [2.24, 2.45) is 0 Å². The summed E-state index contributed by atoms with van der Waals surface area (Å²) in [6.45, 7) is 2.77. The molecule has 0 spiro atoms. The Bertz CT molecular complexity index is 514. The van der Waals surface area contributed by atoms with Gasteiger partial charge in [-0.1, -0.05) is 0 Å². The van der Waals surface area contributed by atoms with Crippen LogP contribution in [0, 0.1) is 13.8 Å². The van der Waals surface area contributed by atoms with Crippen molar-refractivity contribution in [3.63, 3.8) is 0 Å². The first-order valence-electron chi connectivity index (χ1n) is 4.13. The van der Waals surface area contributed by atoms with Crippen molar-refractivity contribution in [2.45, 2.75) is 23.6 Å². The zero-order chi connectivity index (χ0) is 12.7. The van der Waals surface area contributed by atoms with E-state index in [1.54, 1.807) is 0 Å². The van der Waals surface area contributed by atoms with Crippen molar-refractivity contribution in [3.8, 4) is 0 Å². The lowest BCUT2D eigenvalue weighted by Gasteiger charge is -2.22. The van der Waals surface area contributed by atoms with Crippen molar-refractivity contribution >= 4 is 21.0 Å². The molecule has 0 aromatic heterocycles. The van der Waals surface area contributed by atoms with E-state index in [0.29, 0.717) is 0 Å². The zero-order valence-corrected chi connectivity index (χ0v) is 10.2. The van der Waals surface area contributed by atoms with Gasteiger partial charge in [0.15, 0.2) is 0 Å². The van der Waals surface area contributed by atoms with Gasteiger partial charge in [0.05, 0.1) is 9.79 Å². The molecule has 0 amide bonds. The molecule has 0 saturated carbocycles. The number of hydrogen-bond donors (Lipinski definition) is 4. The van der Waals surface area contributed by atoms with Crippen LogP contribution in [0.15, 0.2) is 21.9 Å². The lowest BCUT2D eigenvalue weighted by molar-refractivity contribution is 0.375. The summed E-state index contributed by atoms with van der Waals surface area (Å²) in [7, 11) is -8.25. The van der Waals surface area contributed by atoms with Gasteiger partial charge in [-0.05, 0) is 37.1 Å². The average Bonchev–Trinajstić information content (AvgIpc) is 2.04. The lowest BCUT2D eigenvalue weighted by Crippen LogP contribution is -2.05. The van der Waals surface area contributed by atoms with E-state index in [9.17, 15) is 8.42 Å². The highest BCUT2D eigenvalue weighted by molar-refractivity contribution is 8.19. The molecule has 0 aliphatic rings. The fraction of sp³-hybridized carbons (Fsp3) is 0.250. The monoisotopic (exact) mass is 268 g/mol. The predicted molar refractivity (Wildman–Crippen MR) is 59.5 cm³/mol. The second-order valence-corrected chi connectivity index (χ2v) is 6.24. The Hall–Kier alpha value is -0.640. The second-order valence-electron chi connectivity index (χ2n) is 3.38. The molecule has 0 aliphatic heterocycles. The fourth-order valence-corrected chi connectivity index (χ4v) is 2.95. The van der Waals surface area contributed by atoms with E-state index in [4.69, 9.17) is 18.2 Å². The molecule has 16 heavy (non-hydrogen) atoms. The van der Waals surface area contributed by atoms with Crippen LogP contribution in [-0.2, 0) is 10.1 Å². The SMILES string of the molecule is Cc1cc(S(=O)(=O)O)c(C)cc1S(O)(O)O. The number of hydrogen-bond acceptors (Lipinski definition) is 5. The van der Waals surface area contributed by atoms with E-state index in [0.717, 1.165) is 12.1 Å². The summed E-state index contributed by atoms with van der Waals surface area (Å²) in [4.78, 5) is -0.477. The van der Waals surface area contributed by atoms with E-state index in [1.807, 2.05) is 0 Å². The Morgan fingerprint density at radius 1 is 0.875 bits per heavy atom. The maximum atomic E-state index is 10.9. The van der Waals surface area contributed by atoms with Crippen LogP contribution in [0.4, 0.5) is 0 Å². The molecule has 1 aromatic carbocycles. The van der Waals surface area contributed by atoms with E-state index in [-0.39, 0.29) is 20.9 Å². The van der Waals surface area contributed by atoms with Crippen LogP contribution in [0.3, 0.4) is 0 Å². The highest BCUT2D eigenvalue weighted by Gasteiger charge is 2.22. The van der Waals surface area contributed by atoms with Gasteiger partial charge in [-0.25, -0.2) is 0 Å². The van der Waals surface area contributed by atoms with E-state index in [1.165, 1.54) is 13.8 Å². The molecular formula is C8H12O6S2. The molecule has 92 valence electrons. The third-order valence-corrected chi connectivity index (χ3v) is 4.07. The Morgan fingerprint density at radius 2 is 1.25 bits per heavy atom. The Morgan fingerprint density at radius 3 is 1.62 bits per heavy atom. The molecule has 4 N–H and O–H groups in total. The van der Waals surface area contributed by atoms with Gasteiger partial charge in [0, 0.05) is 0 Å². The second kappa shape index (κ2) is 3.99. The van der Waals surface area contributed by atoms with Gasteiger partial charge in [0.2, 0.25) is 0 Å². The summed E-state index contributed by atoms with van der Waals surface area (Å²) in [5, 5.41) is 0. The van der Waals surface area contributed by atoms with Crippen LogP contribution in [0.1, 0.15) is 11.1 Å². The highest BCUT2D eigenvalue weighted by Crippen LogP contribution is 2.46. The lowest BCUT2D eigenvalue weighted by atomic mass is 10.2. The third kappa shape index (κ3) is 2.73. The van der Waals surface area contributed by atoms with Gasteiger partial charge < -0.3 is 13.7 Å². The molecule has 0 unspecified atom stereocenters. The molecule has 8 heteroatoms. The standard InChI is InChI=1S/C8H12O6S2/c1-5-3-8(16(12,13)14)6(2)4-7(5)15(9,10)11/h3-4,9-11H,1-2H3,(H,12,13,14). The minimum atomic E-state index is -4.35. The molecule has 0 aliphatic carbocycles. The topological polar surface area (TPSA) is 115 Å². The summed E-state index contributed by atoms with van der Waals surface area (Å²) in [6, 6.07) is 2.19. The molecule has 0 saturated heterocycles. The number of rotatable bonds is 2. The summed E-state index contributed by atoms with van der Waals surface area (Å²) in [6.07, 6.45) is 0. The van der Waals surface area contributed by atoms with Crippen molar-refractivity contribution in [2.75, 3.05) is 0 Å². The molecule has 0 bridgehead atoms. The third-order valence-electron chi connectivity index (χ3n) is 2.05. The van der Waals surface area contributed by atoms with Gasteiger partial charge >= 0.3 is 0 Å². The molecule has 6 nitrogen and oxygen atoms in total. The van der Waals surface area contributed by atoms with Crippen LogP contribution in [0.25, 0.3) is 0 Å². The maximum Gasteiger partial charge on any atom is 0.294 e. The van der Waals surface area contributed by atoms with Crippen molar-refractivity contribution < 1.29 is 26.6 Å². The van der Waals surface area contributed by atoms with E-state index in [2.05, 4.69) is 0 Å². The molecular weight excluding hydrogens is 256 g/mol. The van der Waals surface area contributed by atoms with Crippen LogP contribution in [-0.4, -0.2) is 26.6 Å². The van der Waals surface area contributed by atoms with Crippen molar-refractivity contribution in [1.29, 1.82) is 0 Å². The molecule has 1 rings (SSSR count). The van der Waals surface area contributed by atoms with Gasteiger partial charge in [-0.2, -0.15) is 8.42 Å². The first-order chi connectivity index (χ1) is 7.03. The first-order valence-corrected chi connectivity index (χ1v) is 7.07. The van der Waals surface area contributed by atoms with Gasteiger partial charge in [0.25, 0.3) is 10.1 Å². The number of benzene rings is 1. The largest absolute Gasteiger partial charge is 0.304 e. The molecule has 0 atom stereocenters. The molecule has 0 heterocycles. The van der Waals surface area contributed by atoms with Crippen LogP contribution >= 0.6 is 10.9 Å². The molecule has 0 radical (unpaired) electrons. The van der Waals surface area contributed by atoms with Gasteiger partial charge in [-0.15, -0.1) is 0 Å². The van der Waals surface area contributed by atoms with Crippen LogP contribution in [0.5, 0.6) is 0 Å². The molecule has 1 aromatic rings. The fourth-order valence-electron chi connectivity index (χ4n) is 1.34. The Labute approximate surface area is 94.9 Å². The maximum absolute atomic E-state index is 10.9. The predicted octanol–water partition coefficient (Wildman–Crippen LogP) is 2.13. The van der Waals surface area contributed by atoms with Crippen LogP contribution < -0.4 is 0 Å². The highest BCUT2D eigenvalue weighted by atomic mass is 32.3. The van der Waals surface area contributed by atoms with E-state index >= 15 is 0 Å². The van der Waals surface area contributed by atoms with Crippen molar-refractivity contribution in [1.82, 2.24) is 0 Å². The van der Waals surface area contributed by atoms with Gasteiger partial charge in [-0.3, -0.25) is 4.55 Å². The minimum Gasteiger partial charge on any atom is -0.304 e. The summed E-state index contributed by atoms with van der Waals surface area (Å²) < 4.78 is 58.0. The normalized spacial score (nSPS) is 13.9. The molecule has 0 fully saturated rings. The first kappa shape index (κ1) is 13.4. The number of aryl methyl sites for hydroxylation is 2. The van der Waals surface area contributed by atoms with Crippen LogP contribution in [0.2, 0.25) is 0 Å². The minimum absolute atomic E-state index is 0.122. The van der Waals surface area contributed by atoms with E-state index < -0.39 is 21.0 Å². The Balaban J connectivity index is 3.52. The quantitative estimate of drug-likeness (QED) is 0.611. The Kier molecular flexibility index (Phi) is 3.34. The summed E-state index contributed by atoms with van der Waals surface area (Å²) in [5.41, 5.74) is 0.290. The average molecular weight is 268 g/mol. The summed E-state index contributed by atoms with van der Waals surface area (Å²) >= 11 is 0. The van der Waals surface area contributed by atoms with Gasteiger partial charge in [0.1, 0.15) is 10.9 Å².